The lowest BCUT2D eigenvalue weighted by molar-refractivity contribution is -0.131. The van der Waals surface area contributed by atoms with Gasteiger partial charge in [-0.15, -0.1) is 0 Å². The van der Waals surface area contributed by atoms with Gasteiger partial charge in [0.05, 0.1) is 18.2 Å². The molecule has 1 fully saturated rings. The smallest absolute Gasteiger partial charge is 0.229 e. The summed E-state index contributed by atoms with van der Waals surface area (Å²) in [4.78, 5) is 22.4. The molecule has 0 unspecified atom stereocenters. The monoisotopic (exact) mass is 272 g/mol. The summed E-state index contributed by atoms with van der Waals surface area (Å²) in [7, 11) is 0. The Morgan fingerprint density at radius 3 is 3.10 bits per heavy atom. The first-order valence-corrected chi connectivity index (χ1v) is 6.71. The molecule has 1 saturated heterocycles. The van der Waals surface area contributed by atoms with Crippen LogP contribution in [0.2, 0.25) is 0 Å². The van der Waals surface area contributed by atoms with Crippen molar-refractivity contribution in [2.75, 3.05) is 6.54 Å². The summed E-state index contributed by atoms with van der Waals surface area (Å²) >= 11 is 0. The Kier molecular flexibility index (Phi) is 3.45. The second-order valence-electron chi connectivity index (χ2n) is 4.98. The highest BCUT2D eigenvalue weighted by atomic mass is 16.5. The van der Waals surface area contributed by atoms with E-state index >= 15 is 0 Å². The normalized spacial score (nSPS) is 18.4. The number of aryl methyl sites for hydroxylation is 1. The van der Waals surface area contributed by atoms with Crippen LogP contribution in [0.1, 0.15) is 36.0 Å². The van der Waals surface area contributed by atoms with Crippen molar-refractivity contribution in [3.63, 3.8) is 0 Å². The fourth-order valence-electron chi connectivity index (χ4n) is 2.59. The van der Waals surface area contributed by atoms with Gasteiger partial charge in [-0.25, -0.2) is 0 Å². The van der Waals surface area contributed by atoms with Gasteiger partial charge in [-0.1, -0.05) is 5.16 Å². The summed E-state index contributed by atoms with van der Waals surface area (Å²) in [6, 6.07) is 1.93. The van der Waals surface area contributed by atoms with Crippen LogP contribution in [0, 0.1) is 6.92 Å². The summed E-state index contributed by atoms with van der Waals surface area (Å²) in [5.41, 5.74) is 1.53. The topological polar surface area (TPSA) is 72.1 Å². The van der Waals surface area contributed by atoms with Crippen LogP contribution in [0.4, 0.5) is 0 Å². The van der Waals surface area contributed by atoms with Gasteiger partial charge in [-0.2, -0.15) is 0 Å². The first-order chi connectivity index (χ1) is 9.74. The van der Waals surface area contributed by atoms with Gasteiger partial charge in [-0.3, -0.25) is 14.8 Å². The van der Waals surface area contributed by atoms with Crippen LogP contribution in [-0.4, -0.2) is 32.5 Å². The summed E-state index contributed by atoms with van der Waals surface area (Å²) in [5, 5.41) is 4.04. The molecule has 0 bridgehead atoms. The molecule has 3 rings (SSSR count). The van der Waals surface area contributed by atoms with Crippen LogP contribution in [0.5, 0.6) is 0 Å². The third-order valence-corrected chi connectivity index (χ3v) is 3.51. The van der Waals surface area contributed by atoms with Gasteiger partial charge < -0.3 is 9.42 Å². The molecule has 3 heterocycles. The first-order valence-electron chi connectivity index (χ1n) is 6.71. The van der Waals surface area contributed by atoms with E-state index in [0.717, 1.165) is 30.8 Å². The molecular weight excluding hydrogens is 256 g/mol. The molecule has 0 radical (unpaired) electrons. The van der Waals surface area contributed by atoms with E-state index in [0.29, 0.717) is 5.69 Å². The Morgan fingerprint density at radius 1 is 1.50 bits per heavy atom. The van der Waals surface area contributed by atoms with Crippen molar-refractivity contribution < 1.29 is 9.32 Å². The highest BCUT2D eigenvalue weighted by molar-refractivity contribution is 5.79. The molecule has 0 saturated carbocycles. The fraction of sp³-hybridized carbons (Fsp3) is 0.429. The number of hydrogen-bond donors (Lipinski definition) is 0. The number of likely N-dealkylation sites (tertiary alicyclic amines) is 1. The van der Waals surface area contributed by atoms with Crippen LogP contribution in [0.3, 0.4) is 0 Å². The summed E-state index contributed by atoms with van der Waals surface area (Å²) < 4.78 is 5.11. The maximum atomic E-state index is 12.4. The number of carbonyl (C=O) groups is 1. The minimum atomic E-state index is 0.0246. The summed E-state index contributed by atoms with van der Waals surface area (Å²) in [6.07, 6.45) is 7.03. The second-order valence-corrected chi connectivity index (χ2v) is 4.98. The summed E-state index contributed by atoms with van der Waals surface area (Å²) in [6.45, 7) is 2.62. The van der Waals surface area contributed by atoms with Gasteiger partial charge in [0, 0.05) is 31.2 Å². The lowest BCUT2D eigenvalue weighted by Crippen LogP contribution is -2.32. The quantitative estimate of drug-likeness (QED) is 0.850. The SMILES string of the molecule is Cc1cc([C@@H]2CCCN2C(=O)Cc2cnccn2)no1. The van der Waals surface area contributed by atoms with E-state index in [4.69, 9.17) is 4.52 Å². The van der Waals surface area contributed by atoms with E-state index in [1.54, 1.807) is 18.6 Å². The van der Waals surface area contributed by atoms with Crippen molar-refractivity contribution in [3.8, 4) is 0 Å². The zero-order valence-electron chi connectivity index (χ0n) is 11.3. The second kappa shape index (κ2) is 5.40. The lowest BCUT2D eigenvalue weighted by Gasteiger charge is -2.22. The van der Waals surface area contributed by atoms with E-state index in [-0.39, 0.29) is 18.4 Å². The number of carbonyl (C=O) groups excluding carboxylic acids is 1. The maximum Gasteiger partial charge on any atom is 0.229 e. The van der Waals surface area contributed by atoms with Crippen LogP contribution >= 0.6 is 0 Å². The number of hydrogen-bond acceptors (Lipinski definition) is 5. The molecule has 20 heavy (non-hydrogen) atoms. The molecule has 1 aliphatic heterocycles. The molecule has 104 valence electrons. The third kappa shape index (κ3) is 2.54. The Balaban J connectivity index is 1.73. The predicted octanol–water partition coefficient (Wildman–Crippen LogP) is 1.68. The number of nitrogens with zero attached hydrogens (tertiary/aromatic N) is 4. The fourth-order valence-corrected chi connectivity index (χ4v) is 2.59. The van der Waals surface area contributed by atoms with Crippen molar-refractivity contribution in [2.24, 2.45) is 0 Å². The van der Waals surface area contributed by atoms with Gasteiger partial charge >= 0.3 is 0 Å². The molecule has 1 atom stereocenters. The van der Waals surface area contributed by atoms with Crippen LogP contribution in [0.15, 0.2) is 29.2 Å². The molecule has 0 aromatic carbocycles. The van der Waals surface area contributed by atoms with Crippen molar-refractivity contribution in [2.45, 2.75) is 32.2 Å². The number of rotatable bonds is 3. The van der Waals surface area contributed by atoms with Crippen molar-refractivity contribution in [1.29, 1.82) is 0 Å². The highest BCUT2D eigenvalue weighted by Crippen LogP contribution is 2.31. The van der Waals surface area contributed by atoms with E-state index in [2.05, 4.69) is 15.1 Å². The molecule has 2 aromatic rings. The standard InChI is InChI=1S/C14H16N4O2/c1-10-7-12(17-20-10)13-3-2-6-18(13)14(19)8-11-9-15-4-5-16-11/h4-5,7,9,13H,2-3,6,8H2,1H3/t13-/m0/s1. The lowest BCUT2D eigenvalue weighted by atomic mass is 10.1. The largest absolute Gasteiger partial charge is 0.361 e. The first kappa shape index (κ1) is 12.8. The van der Waals surface area contributed by atoms with Crippen molar-refractivity contribution in [1.82, 2.24) is 20.0 Å². The predicted molar refractivity (Wildman–Crippen MR) is 70.7 cm³/mol. The zero-order chi connectivity index (χ0) is 13.9. The van der Waals surface area contributed by atoms with Crippen LogP contribution in [0.25, 0.3) is 0 Å². The van der Waals surface area contributed by atoms with E-state index in [1.165, 1.54) is 0 Å². The van der Waals surface area contributed by atoms with E-state index in [1.807, 2.05) is 17.9 Å². The van der Waals surface area contributed by atoms with Gasteiger partial charge in [0.25, 0.3) is 0 Å². The molecule has 1 aliphatic rings. The summed E-state index contributed by atoms with van der Waals surface area (Å²) in [5.74, 6) is 0.835. The number of amides is 1. The highest BCUT2D eigenvalue weighted by Gasteiger charge is 2.32. The van der Waals surface area contributed by atoms with Gasteiger partial charge in [0.2, 0.25) is 5.91 Å². The van der Waals surface area contributed by atoms with Crippen molar-refractivity contribution in [3.05, 3.63) is 41.8 Å². The van der Waals surface area contributed by atoms with Gasteiger partial charge in [-0.05, 0) is 19.8 Å². The maximum absolute atomic E-state index is 12.4. The Hall–Kier alpha value is -2.24. The van der Waals surface area contributed by atoms with E-state index < -0.39 is 0 Å². The minimum Gasteiger partial charge on any atom is -0.361 e. The van der Waals surface area contributed by atoms with Crippen LogP contribution < -0.4 is 0 Å². The molecule has 0 N–H and O–H groups in total. The van der Waals surface area contributed by atoms with Gasteiger partial charge in [0.15, 0.2) is 0 Å². The van der Waals surface area contributed by atoms with Gasteiger partial charge in [0.1, 0.15) is 11.5 Å². The Morgan fingerprint density at radius 2 is 2.40 bits per heavy atom. The molecule has 0 spiro atoms. The number of aromatic nitrogens is 3. The van der Waals surface area contributed by atoms with Crippen LogP contribution in [-0.2, 0) is 11.2 Å². The molecule has 1 amide bonds. The average molecular weight is 272 g/mol. The minimum absolute atomic E-state index is 0.0246. The zero-order valence-corrected chi connectivity index (χ0v) is 11.3. The Bertz CT molecular complexity index is 596. The molecule has 2 aromatic heterocycles. The Labute approximate surface area is 116 Å². The molecule has 0 aliphatic carbocycles. The molecule has 6 nitrogen and oxygen atoms in total. The average Bonchev–Trinajstić information content (AvgIpc) is 3.08. The molecule has 6 heteroatoms. The third-order valence-electron chi connectivity index (χ3n) is 3.51. The van der Waals surface area contributed by atoms with Crippen molar-refractivity contribution >= 4 is 5.91 Å². The molecular formula is C14H16N4O2. The van der Waals surface area contributed by atoms with E-state index in [9.17, 15) is 4.79 Å².